The molecule has 0 bridgehead atoms. The van der Waals surface area contributed by atoms with E-state index < -0.39 is 10.0 Å². The van der Waals surface area contributed by atoms with Crippen LogP contribution in [0.3, 0.4) is 0 Å². The molecule has 2 aliphatic carbocycles. The van der Waals surface area contributed by atoms with Crippen LogP contribution in [0.15, 0.2) is 41.4 Å². The first kappa shape index (κ1) is 26.1. The molecule has 2 aromatic rings. The van der Waals surface area contributed by atoms with Crippen LogP contribution in [-0.2, 0) is 10.0 Å². The largest absolute Gasteiger partial charge is 0.493 e. The van der Waals surface area contributed by atoms with Gasteiger partial charge in [0.15, 0.2) is 23.1 Å². The van der Waals surface area contributed by atoms with Crippen LogP contribution in [-0.4, -0.2) is 77.4 Å². The minimum atomic E-state index is -3.63. The molecule has 0 atom stereocenters. The highest BCUT2D eigenvalue weighted by Crippen LogP contribution is 2.33. The van der Waals surface area contributed by atoms with E-state index in [9.17, 15) is 8.42 Å². The molecule has 3 fully saturated rings. The van der Waals surface area contributed by atoms with Gasteiger partial charge < -0.3 is 19.1 Å². The summed E-state index contributed by atoms with van der Waals surface area (Å²) in [7, 11) is -0.601. The number of anilines is 1. The lowest BCUT2D eigenvalue weighted by Crippen LogP contribution is -2.52. The lowest BCUT2D eigenvalue weighted by atomic mass is 9.90. The van der Waals surface area contributed by atoms with E-state index in [1.165, 1.54) is 33.1 Å². The summed E-state index contributed by atoms with van der Waals surface area (Å²) in [5, 5.41) is 0. The fraction of sp³-hybridized carbons (Fsp3) is 0.593. The van der Waals surface area contributed by atoms with Gasteiger partial charge >= 0.3 is 0 Å². The molecule has 1 N–H and O–H groups in total. The molecule has 3 aliphatic rings. The van der Waals surface area contributed by atoms with Crippen LogP contribution < -0.4 is 23.8 Å². The maximum absolute atomic E-state index is 13.0. The smallest absolute Gasteiger partial charge is 0.240 e. The van der Waals surface area contributed by atoms with Crippen molar-refractivity contribution in [2.45, 2.75) is 55.5 Å². The Labute approximate surface area is 220 Å². The van der Waals surface area contributed by atoms with Crippen LogP contribution in [0, 0.1) is 5.92 Å². The number of piperazine rings is 1. The van der Waals surface area contributed by atoms with Gasteiger partial charge in [-0.25, -0.2) is 18.1 Å². The van der Waals surface area contributed by atoms with Crippen molar-refractivity contribution in [1.82, 2.24) is 14.6 Å². The Hall–Kier alpha value is -2.56. The number of rotatable bonds is 10. The van der Waals surface area contributed by atoms with Gasteiger partial charge in [0, 0.05) is 50.5 Å². The van der Waals surface area contributed by atoms with Gasteiger partial charge in [0.2, 0.25) is 10.0 Å². The highest BCUT2D eigenvalue weighted by molar-refractivity contribution is 7.89. The van der Waals surface area contributed by atoms with Gasteiger partial charge in [0.05, 0.1) is 25.7 Å². The third-order valence-corrected chi connectivity index (χ3v) is 9.25. The molecule has 1 aromatic heterocycles. The van der Waals surface area contributed by atoms with Crippen molar-refractivity contribution in [3.63, 3.8) is 0 Å². The van der Waals surface area contributed by atoms with E-state index in [2.05, 4.69) is 19.5 Å². The minimum Gasteiger partial charge on any atom is -0.493 e. The number of sulfonamides is 1. The molecule has 0 spiro atoms. The van der Waals surface area contributed by atoms with E-state index in [1.807, 2.05) is 18.3 Å². The molecule has 2 heterocycles. The Balaban J connectivity index is 1.11. The normalized spacial score (nSPS) is 23.0. The van der Waals surface area contributed by atoms with E-state index in [4.69, 9.17) is 14.2 Å². The minimum absolute atomic E-state index is 0.0599. The highest BCUT2D eigenvalue weighted by Gasteiger charge is 2.31. The van der Waals surface area contributed by atoms with Gasteiger partial charge in [-0.15, -0.1) is 0 Å². The van der Waals surface area contributed by atoms with E-state index >= 15 is 0 Å². The summed E-state index contributed by atoms with van der Waals surface area (Å²) in [5.41, 5.74) is 0. The molecule has 202 valence electrons. The Bertz CT molecular complexity index is 1160. The van der Waals surface area contributed by atoms with Crippen molar-refractivity contribution < 1.29 is 22.6 Å². The Morgan fingerprint density at radius 2 is 1.65 bits per heavy atom. The molecule has 1 aromatic carbocycles. The van der Waals surface area contributed by atoms with E-state index in [0.29, 0.717) is 23.5 Å². The summed E-state index contributed by atoms with van der Waals surface area (Å²) in [6, 6.07) is 9.08. The van der Waals surface area contributed by atoms with Gasteiger partial charge in [-0.3, -0.25) is 4.90 Å². The van der Waals surface area contributed by atoms with Crippen LogP contribution in [0.5, 0.6) is 17.2 Å². The predicted molar refractivity (Wildman–Crippen MR) is 142 cm³/mol. The molecule has 2 saturated carbocycles. The van der Waals surface area contributed by atoms with Crippen LogP contribution in [0.1, 0.15) is 38.5 Å². The molecule has 0 amide bonds. The molecule has 9 nitrogen and oxygen atoms in total. The zero-order valence-electron chi connectivity index (χ0n) is 21.8. The summed E-state index contributed by atoms with van der Waals surface area (Å²) in [5.74, 6) is 3.47. The number of pyridine rings is 1. The second kappa shape index (κ2) is 11.4. The van der Waals surface area contributed by atoms with Crippen molar-refractivity contribution >= 4 is 15.8 Å². The van der Waals surface area contributed by atoms with E-state index in [1.54, 1.807) is 12.1 Å². The first-order valence-electron chi connectivity index (χ1n) is 13.3. The summed E-state index contributed by atoms with van der Waals surface area (Å²) < 4.78 is 45.5. The number of methoxy groups -OCH3 is 2. The topological polar surface area (TPSA) is 93.2 Å². The summed E-state index contributed by atoms with van der Waals surface area (Å²) in [4.78, 5) is 9.72. The molecular formula is C27H38N4O5S. The fourth-order valence-corrected chi connectivity index (χ4v) is 6.67. The Kier molecular flexibility index (Phi) is 8.07. The van der Waals surface area contributed by atoms with Gasteiger partial charge in [-0.1, -0.05) is 0 Å². The number of ether oxygens (including phenoxy) is 3. The van der Waals surface area contributed by atoms with Crippen LogP contribution in [0.25, 0.3) is 0 Å². The van der Waals surface area contributed by atoms with Crippen LogP contribution in [0.2, 0.25) is 0 Å². The van der Waals surface area contributed by atoms with Crippen molar-refractivity contribution in [1.29, 1.82) is 0 Å². The maximum Gasteiger partial charge on any atom is 0.240 e. The molecule has 10 heteroatoms. The van der Waals surface area contributed by atoms with Gasteiger partial charge in [0.1, 0.15) is 0 Å². The van der Waals surface area contributed by atoms with E-state index in [0.717, 1.165) is 70.0 Å². The number of hydrogen-bond donors (Lipinski definition) is 1. The molecule has 5 rings (SSSR count). The molecule has 0 unspecified atom stereocenters. The zero-order valence-corrected chi connectivity index (χ0v) is 22.6. The molecule has 1 aliphatic heterocycles. The predicted octanol–water partition coefficient (Wildman–Crippen LogP) is 3.30. The average Bonchev–Trinajstić information content (AvgIpc) is 3.77. The maximum atomic E-state index is 13.0. The lowest BCUT2D eigenvalue weighted by Gasteiger charge is -2.42. The number of hydrogen-bond acceptors (Lipinski definition) is 8. The average molecular weight is 531 g/mol. The molecule has 1 saturated heterocycles. The summed E-state index contributed by atoms with van der Waals surface area (Å²) in [6.07, 6.45) is 8.02. The Morgan fingerprint density at radius 1 is 0.919 bits per heavy atom. The van der Waals surface area contributed by atoms with Gasteiger partial charge in [-0.2, -0.15) is 0 Å². The van der Waals surface area contributed by atoms with Crippen molar-refractivity contribution in [2.24, 2.45) is 5.92 Å². The van der Waals surface area contributed by atoms with E-state index in [-0.39, 0.29) is 10.9 Å². The SMILES string of the molecule is COc1ccc(S(=O)(=O)N[C@H]2CC[C@H](N3CCN(c4ncccc4OCC4CC4)CC3)CC2)cc1OC. The van der Waals surface area contributed by atoms with Crippen LogP contribution in [0.4, 0.5) is 5.82 Å². The third-order valence-electron chi connectivity index (χ3n) is 7.74. The Morgan fingerprint density at radius 3 is 2.32 bits per heavy atom. The standard InChI is InChI=1S/C27H38N4O5S/c1-34-24-12-11-23(18-26(24)35-2)37(32,33)29-21-7-9-22(10-8-21)30-14-16-31(17-15-30)27-25(4-3-13-28-27)36-19-20-5-6-20/h3-4,11-13,18,20-22,29H,5-10,14-17,19H2,1-2H3/t21-,22-. The lowest BCUT2D eigenvalue weighted by molar-refractivity contribution is 0.139. The highest BCUT2D eigenvalue weighted by atomic mass is 32.2. The number of nitrogens with zero attached hydrogens (tertiary/aromatic N) is 3. The molecular weight excluding hydrogens is 492 g/mol. The monoisotopic (exact) mass is 530 g/mol. The second-order valence-electron chi connectivity index (χ2n) is 10.2. The van der Waals surface area contributed by atoms with Gasteiger partial charge in [0.25, 0.3) is 0 Å². The third kappa shape index (κ3) is 6.30. The summed E-state index contributed by atoms with van der Waals surface area (Å²) in [6.45, 7) is 4.58. The number of benzene rings is 1. The van der Waals surface area contributed by atoms with Gasteiger partial charge in [-0.05, 0) is 68.7 Å². The molecule has 0 radical (unpaired) electrons. The second-order valence-corrected chi connectivity index (χ2v) is 12.0. The quantitative estimate of drug-likeness (QED) is 0.500. The number of nitrogens with one attached hydrogen (secondary N) is 1. The fourth-order valence-electron chi connectivity index (χ4n) is 5.35. The summed E-state index contributed by atoms with van der Waals surface area (Å²) >= 11 is 0. The molecule has 37 heavy (non-hydrogen) atoms. The van der Waals surface area contributed by atoms with Crippen molar-refractivity contribution in [3.05, 3.63) is 36.5 Å². The van der Waals surface area contributed by atoms with Crippen molar-refractivity contribution in [3.8, 4) is 17.2 Å². The zero-order chi connectivity index (χ0) is 25.8. The van der Waals surface area contributed by atoms with Crippen molar-refractivity contribution in [2.75, 3.05) is 51.9 Å². The first-order valence-corrected chi connectivity index (χ1v) is 14.8. The first-order chi connectivity index (χ1) is 18.0. The number of aromatic nitrogens is 1. The van der Waals surface area contributed by atoms with Crippen LogP contribution >= 0.6 is 0 Å².